The van der Waals surface area contributed by atoms with Crippen LogP contribution >= 0.6 is 0 Å². The third-order valence-electron chi connectivity index (χ3n) is 8.71. The van der Waals surface area contributed by atoms with E-state index in [-0.39, 0.29) is 30.7 Å². The number of ether oxygens (including phenoxy) is 3. The Hall–Kier alpha value is -3.87. The summed E-state index contributed by atoms with van der Waals surface area (Å²) >= 11 is 0. The highest BCUT2D eigenvalue weighted by Crippen LogP contribution is 2.46. The molecule has 0 radical (unpaired) electrons. The number of fused-ring (bicyclic) bond motifs is 6. The Morgan fingerprint density at radius 3 is 2.10 bits per heavy atom. The molecule has 6 nitrogen and oxygen atoms in total. The van der Waals surface area contributed by atoms with Gasteiger partial charge in [-0.25, -0.2) is 4.79 Å². The van der Waals surface area contributed by atoms with Gasteiger partial charge < -0.3 is 19.3 Å². The number of aliphatic hydroxyl groups is 1. The average Bonchev–Trinajstić information content (AvgIpc) is 3.28. The van der Waals surface area contributed by atoms with Crippen LogP contribution in [0.3, 0.4) is 0 Å². The van der Waals surface area contributed by atoms with Gasteiger partial charge in [-0.1, -0.05) is 78.9 Å². The van der Waals surface area contributed by atoms with E-state index in [4.69, 9.17) is 14.2 Å². The molecule has 0 aromatic heterocycles. The molecule has 4 aromatic rings. The fourth-order valence-corrected chi connectivity index (χ4v) is 7.02. The molecule has 2 saturated heterocycles. The number of piperidine rings is 1. The SMILES string of the molecule is COc1ccc(C2(O)CC3COCC(C2)N3C(=O)OCC2c3ccccc3-c3ccccc32)c2ccccc12. The van der Waals surface area contributed by atoms with E-state index in [0.29, 0.717) is 26.1 Å². The van der Waals surface area contributed by atoms with Crippen LogP contribution in [0, 0.1) is 0 Å². The van der Waals surface area contributed by atoms with Crippen molar-refractivity contribution in [2.45, 2.75) is 36.4 Å². The second-order valence-electron chi connectivity index (χ2n) is 10.9. The van der Waals surface area contributed by atoms with Gasteiger partial charge in [0.1, 0.15) is 12.4 Å². The first kappa shape index (κ1) is 24.2. The summed E-state index contributed by atoms with van der Waals surface area (Å²) in [4.78, 5) is 15.4. The summed E-state index contributed by atoms with van der Waals surface area (Å²) in [5.41, 5.74) is 4.56. The topological polar surface area (TPSA) is 68.2 Å². The number of hydrogen-bond donors (Lipinski definition) is 1. The molecule has 4 aromatic carbocycles. The van der Waals surface area contributed by atoms with E-state index in [0.717, 1.165) is 22.1 Å². The Bertz CT molecular complexity index is 1510. The molecule has 2 atom stereocenters. The van der Waals surface area contributed by atoms with E-state index in [9.17, 15) is 9.90 Å². The van der Waals surface area contributed by atoms with Gasteiger partial charge in [-0.05, 0) is 39.3 Å². The lowest BCUT2D eigenvalue weighted by molar-refractivity contribution is -0.136. The maximum atomic E-state index is 13.6. The zero-order chi connectivity index (χ0) is 26.6. The molecular weight excluding hydrogens is 490 g/mol. The first-order valence-electron chi connectivity index (χ1n) is 13.6. The van der Waals surface area contributed by atoms with Crippen molar-refractivity contribution in [3.8, 4) is 16.9 Å². The first-order valence-corrected chi connectivity index (χ1v) is 13.6. The minimum Gasteiger partial charge on any atom is -0.496 e. The fourth-order valence-electron chi connectivity index (χ4n) is 7.02. The van der Waals surface area contributed by atoms with Gasteiger partial charge in [-0.15, -0.1) is 0 Å². The highest BCUT2D eigenvalue weighted by Gasteiger charge is 2.50. The molecule has 3 aliphatic rings. The quantitative estimate of drug-likeness (QED) is 0.365. The lowest BCUT2D eigenvalue weighted by Crippen LogP contribution is -2.62. The minimum absolute atomic E-state index is 0.00447. The number of amides is 1. The first-order chi connectivity index (χ1) is 19.1. The summed E-state index contributed by atoms with van der Waals surface area (Å²) in [6.07, 6.45) is 0.422. The second-order valence-corrected chi connectivity index (χ2v) is 10.9. The summed E-state index contributed by atoms with van der Waals surface area (Å²) in [6, 6.07) is 28.0. The lowest BCUT2D eigenvalue weighted by Gasteiger charge is -2.51. The molecule has 2 fully saturated rings. The summed E-state index contributed by atoms with van der Waals surface area (Å²) in [7, 11) is 1.66. The van der Waals surface area contributed by atoms with Gasteiger partial charge >= 0.3 is 6.09 Å². The Balaban J connectivity index is 1.13. The van der Waals surface area contributed by atoms with Crippen LogP contribution < -0.4 is 4.74 Å². The van der Waals surface area contributed by atoms with E-state index in [2.05, 4.69) is 24.3 Å². The smallest absolute Gasteiger partial charge is 0.410 e. The summed E-state index contributed by atoms with van der Waals surface area (Å²) in [6.45, 7) is 1.02. The monoisotopic (exact) mass is 521 g/mol. The van der Waals surface area contributed by atoms with Crippen molar-refractivity contribution in [2.24, 2.45) is 0 Å². The van der Waals surface area contributed by atoms with Crippen molar-refractivity contribution in [3.05, 3.63) is 102 Å². The number of morpholine rings is 1. The number of hydrogen-bond acceptors (Lipinski definition) is 5. The Kier molecular flexibility index (Phi) is 5.83. The average molecular weight is 522 g/mol. The maximum absolute atomic E-state index is 13.6. The molecule has 6 heteroatoms. The molecule has 198 valence electrons. The maximum Gasteiger partial charge on any atom is 0.410 e. The van der Waals surface area contributed by atoms with E-state index in [1.807, 2.05) is 65.6 Å². The number of carbonyl (C=O) groups is 1. The van der Waals surface area contributed by atoms with Gasteiger partial charge in [-0.2, -0.15) is 0 Å². The van der Waals surface area contributed by atoms with Gasteiger partial charge in [0.25, 0.3) is 0 Å². The van der Waals surface area contributed by atoms with Gasteiger partial charge in [0.15, 0.2) is 0 Å². The van der Waals surface area contributed by atoms with Crippen LogP contribution in [0.5, 0.6) is 5.75 Å². The van der Waals surface area contributed by atoms with Crippen LogP contribution in [-0.4, -0.2) is 55.1 Å². The molecule has 1 N–H and O–H groups in total. The van der Waals surface area contributed by atoms with E-state index >= 15 is 0 Å². The van der Waals surface area contributed by atoms with Crippen LogP contribution in [0.1, 0.15) is 35.4 Å². The molecule has 1 amide bonds. The lowest BCUT2D eigenvalue weighted by atomic mass is 9.75. The van der Waals surface area contributed by atoms with Crippen molar-refractivity contribution in [1.82, 2.24) is 4.90 Å². The molecule has 7 rings (SSSR count). The molecule has 0 saturated carbocycles. The number of rotatable bonds is 4. The molecule has 1 aliphatic carbocycles. The van der Waals surface area contributed by atoms with Crippen LogP contribution in [0.15, 0.2) is 84.9 Å². The number of benzene rings is 4. The van der Waals surface area contributed by atoms with Crippen LogP contribution in [0.25, 0.3) is 21.9 Å². The Labute approximate surface area is 227 Å². The summed E-state index contributed by atoms with van der Waals surface area (Å²) in [5, 5.41) is 14.0. The second kappa shape index (κ2) is 9.40. The van der Waals surface area contributed by atoms with Crippen molar-refractivity contribution in [3.63, 3.8) is 0 Å². The van der Waals surface area contributed by atoms with Crippen LogP contribution in [0.2, 0.25) is 0 Å². The van der Waals surface area contributed by atoms with Gasteiger partial charge in [0.05, 0.1) is 38.0 Å². The zero-order valence-electron chi connectivity index (χ0n) is 21.9. The molecule has 2 unspecified atom stereocenters. The predicted octanol–water partition coefficient (Wildman–Crippen LogP) is 5.85. The standard InChI is InChI=1S/C33H31NO5/c1-37-31-15-14-30(27-12-6-7-13-28(27)31)33(36)16-21-18-38-19-22(17-33)34(21)32(35)39-20-29-25-10-4-2-8-23(25)24-9-3-5-11-26(24)29/h2-15,21-22,29,36H,16-20H2,1H3. The van der Waals surface area contributed by atoms with Crippen molar-refractivity contribution >= 4 is 16.9 Å². The molecule has 2 bridgehead atoms. The Morgan fingerprint density at radius 2 is 1.46 bits per heavy atom. The van der Waals surface area contributed by atoms with Crippen molar-refractivity contribution < 1.29 is 24.1 Å². The van der Waals surface area contributed by atoms with Crippen LogP contribution in [-0.2, 0) is 15.1 Å². The van der Waals surface area contributed by atoms with Crippen molar-refractivity contribution in [1.29, 1.82) is 0 Å². The third kappa shape index (κ3) is 3.89. The Morgan fingerprint density at radius 1 is 0.872 bits per heavy atom. The summed E-state index contributed by atoms with van der Waals surface area (Å²) in [5.74, 6) is 0.780. The van der Waals surface area contributed by atoms with E-state index in [1.165, 1.54) is 22.3 Å². The van der Waals surface area contributed by atoms with Crippen molar-refractivity contribution in [2.75, 3.05) is 26.9 Å². The molecular formula is C33H31NO5. The largest absolute Gasteiger partial charge is 0.496 e. The normalized spacial score (nSPS) is 23.8. The van der Waals surface area contributed by atoms with Gasteiger partial charge in [-0.3, -0.25) is 4.90 Å². The van der Waals surface area contributed by atoms with E-state index in [1.54, 1.807) is 7.11 Å². The zero-order valence-corrected chi connectivity index (χ0v) is 21.9. The third-order valence-corrected chi connectivity index (χ3v) is 8.71. The summed E-state index contributed by atoms with van der Waals surface area (Å²) < 4.78 is 17.5. The number of methoxy groups -OCH3 is 1. The van der Waals surface area contributed by atoms with Gasteiger partial charge in [0.2, 0.25) is 0 Å². The minimum atomic E-state index is -1.09. The molecule has 39 heavy (non-hydrogen) atoms. The van der Waals surface area contributed by atoms with Crippen LogP contribution in [0.4, 0.5) is 4.79 Å². The highest BCUT2D eigenvalue weighted by atomic mass is 16.6. The van der Waals surface area contributed by atoms with E-state index < -0.39 is 5.60 Å². The number of carbonyl (C=O) groups excluding carboxylic acids is 1. The number of nitrogens with zero attached hydrogens (tertiary/aromatic N) is 1. The van der Waals surface area contributed by atoms with Gasteiger partial charge in [0, 0.05) is 24.1 Å². The predicted molar refractivity (Wildman–Crippen MR) is 149 cm³/mol. The molecule has 0 spiro atoms. The fraction of sp³-hybridized carbons (Fsp3) is 0.303. The molecule has 2 heterocycles. The highest BCUT2D eigenvalue weighted by molar-refractivity contribution is 5.91. The molecule has 2 aliphatic heterocycles.